The summed E-state index contributed by atoms with van der Waals surface area (Å²) in [5.74, 6) is 5.24. The molecule has 1 saturated heterocycles. The van der Waals surface area contributed by atoms with Crippen molar-refractivity contribution in [2.45, 2.75) is 85.1 Å². The molecule has 0 aromatic rings. The van der Waals surface area contributed by atoms with Crippen molar-refractivity contribution < 1.29 is 9.59 Å². The third-order valence-electron chi connectivity index (χ3n) is 9.87. The van der Waals surface area contributed by atoms with Gasteiger partial charge in [-0.25, -0.2) is 0 Å². The molecule has 0 bridgehead atoms. The topological polar surface area (TPSA) is 37.4 Å². The molecule has 3 nitrogen and oxygen atoms in total. The average Bonchev–Trinajstić information content (AvgIpc) is 3.00. The molecule has 4 fully saturated rings. The number of likely N-dealkylation sites (tertiary alicyclic amines) is 1. The van der Waals surface area contributed by atoms with Crippen molar-refractivity contribution in [3.8, 4) is 0 Å². The molecule has 0 N–H and O–H groups in total. The lowest BCUT2D eigenvalue weighted by molar-refractivity contribution is -0.158. The van der Waals surface area contributed by atoms with Gasteiger partial charge in [0.15, 0.2) is 5.12 Å². The minimum atomic E-state index is 0.262. The third kappa shape index (κ3) is 3.08. The summed E-state index contributed by atoms with van der Waals surface area (Å²) in [6.45, 7) is 9.19. The lowest BCUT2D eigenvalue weighted by atomic mass is 9.46. The molecule has 4 aliphatic rings. The van der Waals surface area contributed by atoms with Crippen molar-refractivity contribution in [2.75, 3.05) is 12.8 Å². The molecule has 0 aromatic heterocycles. The highest BCUT2D eigenvalue weighted by atomic mass is 32.2. The van der Waals surface area contributed by atoms with Crippen LogP contribution in [0.1, 0.15) is 79.1 Å². The Morgan fingerprint density at radius 1 is 1.11 bits per heavy atom. The van der Waals surface area contributed by atoms with E-state index in [0.717, 1.165) is 42.3 Å². The Balaban J connectivity index is 1.53. The number of carbonyl (C=O) groups excluding carboxylic acids is 2. The van der Waals surface area contributed by atoms with Crippen molar-refractivity contribution in [1.82, 2.24) is 4.90 Å². The van der Waals surface area contributed by atoms with Gasteiger partial charge >= 0.3 is 0 Å². The highest BCUT2D eigenvalue weighted by molar-refractivity contribution is 8.13. The number of piperidine rings is 1. The molecule has 4 heteroatoms. The van der Waals surface area contributed by atoms with Crippen LogP contribution in [0.4, 0.5) is 0 Å². The van der Waals surface area contributed by atoms with E-state index in [-0.39, 0.29) is 5.12 Å². The highest BCUT2D eigenvalue weighted by Crippen LogP contribution is 2.67. The van der Waals surface area contributed by atoms with Gasteiger partial charge in [-0.05, 0) is 85.4 Å². The van der Waals surface area contributed by atoms with Gasteiger partial charge in [0, 0.05) is 32.2 Å². The van der Waals surface area contributed by atoms with Gasteiger partial charge in [0.05, 0.1) is 0 Å². The van der Waals surface area contributed by atoms with Crippen LogP contribution in [0.5, 0.6) is 0 Å². The number of fused-ring (bicyclic) bond motifs is 5. The van der Waals surface area contributed by atoms with E-state index in [1.54, 1.807) is 6.92 Å². The molecule has 3 saturated carbocycles. The van der Waals surface area contributed by atoms with E-state index >= 15 is 0 Å². The number of amides is 1. The third-order valence-corrected chi connectivity index (χ3v) is 11.0. The van der Waals surface area contributed by atoms with Crippen LogP contribution in [0.25, 0.3) is 0 Å². The summed E-state index contributed by atoms with van der Waals surface area (Å²) >= 11 is 1.53. The molecule has 1 aliphatic heterocycles. The number of carbonyl (C=O) groups is 2. The van der Waals surface area contributed by atoms with Crippen LogP contribution in [0, 0.1) is 40.4 Å². The predicted octanol–water partition coefficient (Wildman–Crippen LogP) is 5.38. The summed E-state index contributed by atoms with van der Waals surface area (Å²) in [5.41, 5.74) is 0.776. The second kappa shape index (κ2) is 7.32. The van der Waals surface area contributed by atoms with E-state index in [4.69, 9.17) is 0 Å². The standard InChI is InChI=1S/C24H39NO2S/c1-15(14-28-16(2)26)18-7-8-19-17-6-9-21-24(4,13-11-22(27)25(21)5)20(17)10-12-23(18,19)3/h15,17-21H,6-14H2,1-5H3/t15?,17-,18+,19-,20-,21+,23+,24+/m0/s1. The Morgan fingerprint density at radius 3 is 2.54 bits per heavy atom. The zero-order chi connectivity index (χ0) is 20.3. The fourth-order valence-electron chi connectivity index (χ4n) is 8.49. The van der Waals surface area contributed by atoms with Gasteiger partial charge in [0.25, 0.3) is 0 Å². The summed E-state index contributed by atoms with van der Waals surface area (Å²) in [7, 11) is 2.05. The Labute approximate surface area is 175 Å². The van der Waals surface area contributed by atoms with Gasteiger partial charge in [0.2, 0.25) is 5.91 Å². The number of hydrogen-bond donors (Lipinski definition) is 0. The van der Waals surface area contributed by atoms with E-state index in [9.17, 15) is 9.59 Å². The summed E-state index contributed by atoms with van der Waals surface area (Å²) in [6.07, 6.45) is 9.78. The number of hydrogen-bond acceptors (Lipinski definition) is 3. The van der Waals surface area contributed by atoms with Gasteiger partial charge in [-0.2, -0.15) is 0 Å². The van der Waals surface area contributed by atoms with Crippen LogP contribution in [0.15, 0.2) is 0 Å². The van der Waals surface area contributed by atoms with Crippen molar-refractivity contribution in [2.24, 2.45) is 40.4 Å². The van der Waals surface area contributed by atoms with Gasteiger partial charge in [-0.15, -0.1) is 0 Å². The molecule has 8 atom stereocenters. The first-order chi connectivity index (χ1) is 13.2. The fourth-order valence-corrected chi connectivity index (χ4v) is 9.22. The van der Waals surface area contributed by atoms with Gasteiger partial charge in [-0.3, -0.25) is 9.59 Å². The number of nitrogens with zero attached hydrogens (tertiary/aromatic N) is 1. The molecular formula is C24H39NO2S. The van der Waals surface area contributed by atoms with Crippen molar-refractivity contribution in [3.05, 3.63) is 0 Å². The molecule has 158 valence electrons. The Hall–Kier alpha value is -0.510. The zero-order valence-electron chi connectivity index (χ0n) is 18.5. The molecule has 0 spiro atoms. The first-order valence-corrected chi connectivity index (χ1v) is 12.6. The fraction of sp³-hybridized carbons (Fsp3) is 0.917. The van der Waals surface area contributed by atoms with E-state index in [1.807, 2.05) is 0 Å². The SMILES string of the molecule is CC(=O)SCC(C)[C@H]1CC[C@H]2[C@@H]3CC[C@H]4N(C)C(=O)CC[C@]4(C)[C@H]3CC[C@]12C. The molecule has 1 amide bonds. The molecule has 1 heterocycles. The first kappa shape index (κ1) is 20.8. The predicted molar refractivity (Wildman–Crippen MR) is 116 cm³/mol. The summed E-state index contributed by atoms with van der Waals surface area (Å²) in [5, 5.41) is 0.262. The maximum Gasteiger partial charge on any atom is 0.222 e. The Morgan fingerprint density at radius 2 is 1.82 bits per heavy atom. The highest BCUT2D eigenvalue weighted by Gasteiger charge is 2.61. The lowest BCUT2D eigenvalue weighted by Crippen LogP contribution is -2.61. The van der Waals surface area contributed by atoms with Crippen molar-refractivity contribution in [3.63, 3.8) is 0 Å². The van der Waals surface area contributed by atoms with Crippen LogP contribution >= 0.6 is 11.8 Å². The largest absolute Gasteiger partial charge is 0.342 e. The van der Waals surface area contributed by atoms with Gasteiger partial charge < -0.3 is 4.90 Å². The summed E-state index contributed by atoms with van der Waals surface area (Å²) in [6, 6.07) is 0.461. The van der Waals surface area contributed by atoms with E-state index in [2.05, 4.69) is 32.7 Å². The van der Waals surface area contributed by atoms with Gasteiger partial charge in [-0.1, -0.05) is 32.5 Å². The molecular weight excluding hydrogens is 366 g/mol. The first-order valence-electron chi connectivity index (χ1n) is 11.6. The molecule has 28 heavy (non-hydrogen) atoms. The number of rotatable bonds is 3. The zero-order valence-corrected chi connectivity index (χ0v) is 19.3. The summed E-state index contributed by atoms with van der Waals surface area (Å²) in [4.78, 5) is 25.9. The smallest absolute Gasteiger partial charge is 0.222 e. The van der Waals surface area contributed by atoms with Crippen molar-refractivity contribution >= 4 is 22.8 Å². The van der Waals surface area contributed by atoms with Crippen LogP contribution in [0.2, 0.25) is 0 Å². The van der Waals surface area contributed by atoms with Crippen molar-refractivity contribution in [1.29, 1.82) is 0 Å². The molecule has 1 unspecified atom stereocenters. The summed E-state index contributed by atoms with van der Waals surface area (Å²) < 4.78 is 0. The van der Waals surface area contributed by atoms with E-state index in [1.165, 1.54) is 50.3 Å². The van der Waals surface area contributed by atoms with Crippen LogP contribution in [0.3, 0.4) is 0 Å². The maximum absolute atomic E-state index is 12.3. The number of thioether (sulfide) groups is 1. The quantitative estimate of drug-likeness (QED) is 0.632. The van der Waals surface area contributed by atoms with Crippen LogP contribution in [-0.2, 0) is 9.59 Å². The molecule has 4 rings (SSSR count). The van der Waals surface area contributed by atoms with E-state index in [0.29, 0.717) is 28.7 Å². The Bertz CT molecular complexity index is 651. The second-order valence-electron chi connectivity index (χ2n) is 11.0. The second-order valence-corrected chi connectivity index (χ2v) is 12.2. The molecule has 0 radical (unpaired) electrons. The molecule has 0 aromatic carbocycles. The normalized spacial score (nSPS) is 46.5. The Kier molecular flexibility index (Phi) is 5.42. The average molecular weight is 406 g/mol. The van der Waals surface area contributed by atoms with Gasteiger partial charge in [0.1, 0.15) is 0 Å². The monoisotopic (exact) mass is 405 g/mol. The van der Waals surface area contributed by atoms with Crippen LogP contribution < -0.4 is 0 Å². The molecule has 3 aliphatic carbocycles. The maximum atomic E-state index is 12.3. The van der Waals surface area contributed by atoms with Crippen LogP contribution in [-0.4, -0.2) is 34.8 Å². The minimum Gasteiger partial charge on any atom is -0.342 e. The van der Waals surface area contributed by atoms with E-state index < -0.39 is 0 Å². The lowest BCUT2D eigenvalue weighted by Gasteiger charge is -2.62. The minimum absolute atomic E-state index is 0.262.